The highest BCUT2D eigenvalue weighted by Crippen LogP contribution is 2.40. The predicted molar refractivity (Wildman–Crippen MR) is 63.0 cm³/mol. The molecule has 1 aromatic carbocycles. The third-order valence-corrected chi connectivity index (χ3v) is 3.29. The Morgan fingerprint density at radius 2 is 2.00 bits per heavy atom. The van der Waals surface area contributed by atoms with Crippen molar-refractivity contribution in [3.63, 3.8) is 0 Å². The van der Waals surface area contributed by atoms with Gasteiger partial charge in [-0.2, -0.15) is 5.10 Å². The van der Waals surface area contributed by atoms with Crippen LogP contribution in [-0.2, 0) is 10.8 Å². The van der Waals surface area contributed by atoms with Crippen LogP contribution in [0.5, 0.6) is 0 Å². The van der Waals surface area contributed by atoms with Gasteiger partial charge in [-0.05, 0) is 17.7 Å². The minimum absolute atomic E-state index is 0.308. The molecule has 84 valence electrons. The predicted octanol–water partition coefficient (Wildman–Crippen LogP) is 2.79. The van der Waals surface area contributed by atoms with Crippen molar-refractivity contribution >= 4 is 27.5 Å². The first-order valence-electron chi connectivity index (χ1n) is 4.50. The number of aromatic nitrogens is 3. The van der Waals surface area contributed by atoms with Gasteiger partial charge < -0.3 is 0 Å². The van der Waals surface area contributed by atoms with Crippen LogP contribution in [0.3, 0.4) is 0 Å². The summed E-state index contributed by atoms with van der Waals surface area (Å²) >= 11 is 9.65. The number of hydrogen-bond donors (Lipinski definition) is 0. The minimum Gasteiger partial charge on any atom is -0.256 e. The molecule has 0 fully saturated rings. The molecule has 0 amide bonds. The lowest BCUT2D eigenvalue weighted by Gasteiger charge is -2.16. The maximum atomic E-state index is 12.8. The van der Waals surface area contributed by atoms with Gasteiger partial charge in [0.1, 0.15) is 12.1 Å². The third-order valence-electron chi connectivity index (χ3n) is 2.09. The van der Waals surface area contributed by atoms with Gasteiger partial charge in [0, 0.05) is 7.05 Å². The van der Waals surface area contributed by atoms with Crippen molar-refractivity contribution in [2.24, 2.45) is 7.05 Å². The summed E-state index contributed by atoms with van der Waals surface area (Å²) in [5.41, 5.74) is 0.682. The average Bonchev–Trinajstić information content (AvgIpc) is 2.66. The number of hydrogen-bond acceptors (Lipinski definition) is 2. The summed E-state index contributed by atoms with van der Waals surface area (Å²) in [6.45, 7) is 0. The number of rotatable bonds is 2. The molecule has 2 aromatic rings. The van der Waals surface area contributed by atoms with Gasteiger partial charge in [0.05, 0.1) is 0 Å². The van der Waals surface area contributed by atoms with Gasteiger partial charge in [-0.15, -0.1) is 0 Å². The Morgan fingerprint density at radius 1 is 1.38 bits per heavy atom. The molecule has 1 aromatic heterocycles. The van der Waals surface area contributed by atoms with Crippen LogP contribution in [0.15, 0.2) is 30.6 Å². The number of benzene rings is 1. The molecule has 0 N–H and O–H groups in total. The van der Waals surface area contributed by atoms with Crippen LogP contribution in [0.25, 0.3) is 0 Å². The summed E-state index contributed by atoms with van der Waals surface area (Å²) in [7, 11) is 1.75. The molecule has 3 nitrogen and oxygen atoms in total. The third kappa shape index (κ3) is 2.10. The number of nitrogens with zero attached hydrogens (tertiary/aromatic N) is 3. The smallest absolute Gasteiger partial charge is 0.186 e. The highest BCUT2D eigenvalue weighted by Gasteiger charge is 2.32. The first kappa shape index (κ1) is 11.5. The standard InChI is InChI=1S/C10H8BrClFN3/c1-16-6-14-9(15-16)10(11,12)7-2-4-8(13)5-3-7/h2-6H,1H3. The SMILES string of the molecule is Cn1cnc(C(Cl)(Br)c2ccc(F)cc2)n1. The van der Waals surface area contributed by atoms with Crippen molar-refractivity contribution in [1.82, 2.24) is 14.8 Å². The van der Waals surface area contributed by atoms with E-state index in [-0.39, 0.29) is 5.82 Å². The van der Waals surface area contributed by atoms with Gasteiger partial charge in [0.15, 0.2) is 9.61 Å². The molecule has 1 unspecified atom stereocenters. The van der Waals surface area contributed by atoms with E-state index in [1.807, 2.05) is 0 Å². The molecule has 6 heteroatoms. The van der Waals surface area contributed by atoms with Crippen molar-refractivity contribution in [3.8, 4) is 0 Å². The normalized spacial score (nSPS) is 14.8. The molecule has 0 radical (unpaired) electrons. The van der Waals surface area contributed by atoms with E-state index in [0.29, 0.717) is 11.4 Å². The van der Waals surface area contributed by atoms with Gasteiger partial charge in [-0.25, -0.2) is 9.37 Å². The Kier molecular flexibility index (Phi) is 2.99. The monoisotopic (exact) mass is 303 g/mol. The van der Waals surface area contributed by atoms with Crippen molar-refractivity contribution in [2.45, 2.75) is 3.78 Å². The molecule has 1 atom stereocenters. The second-order valence-corrected chi connectivity index (χ2v) is 5.54. The molecule has 0 saturated carbocycles. The largest absolute Gasteiger partial charge is 0.256 e. The highest BCUT2D eigenvalue weighted by molar-refractivity contribution is 9.10. The lowest BCUT2D eigenvalue weighted by atomic mass is 10.1. The first-order valence-corrected chi connectivity index (χ1v) is 5.67. The van der Waals surface area contributed by atoms with Crippen molar-refractivity contribution < 1.29 is 4.39 Å². The quantitative estimate of drug-likeness (QED) is 0.799. The van der Waals surface area contributed by atoms with E-state index in [9.17, 15) is 4.39 Å². The molecule has 2 rings (SSSR count). The molecule has 0 saturated heterocycles. The summed E-state index contributed by atoms with van der Waals surface area (Å²) in [6.07, 6.45) is 1.55. The lowest BCUT2D eigenvalue weighted by Crippen LogP contribution is -2.14. The molecule has 16 heavy (non-hydrogen) atoms. The number of aryl methyl sites for hydroxylation is 1. The molecule has 0 aliphatic heterocycles. The van der Waals surface area contributed by atoms with Crippen molar-refractivity contribution in [2.75, 3.05) is 0 Å². The van der Waals surface area contributed by atoms with Gasteiger partial charge in [0.25, 0.3) is 0 Å². The second kappa shape index (κ2) is 4.14. The van der Waals surface area contributed by atoms with E-state index in [1.54, 1.807) is 30.2 Å². The zero-order valence-corrected chi connectivity index (χ0v) is 10.7. The Morgan fingerprint density at radius 3 is 2.50 bits per heavy atom. The van der Waals surface area contributed by atoms with E-state index in [0.717, 1.165) is 0 Å². The van der Waals surface area contributed by atoms with Gasteiger partial charge in [-0.3, -0.25) is 4.68 Å². The fourth-order valence-corrected chi connectivity index (χ4v) is 1.93. The highest BCUT2D eigenvalue weighted by atomic mass is 79.9. The van der Waals surface area contributed by atoms with Gasteiger partial charge in [0.2, 0.25) is 0 Å². The molecule has 0 bridgehead atoms. The average molecular weight is 305 g/mol. The fourth-order valence-electron chi connectivity index (χ4n) is 1.27. The Balaban J connectivity index is 2.42. The van der Waals surface area contributed by atoms with Crippen LogP contribution in [0.2, 0.25) is 0 Å². The molecule has 0 aliphatic rings. The van der Waals surface area contributed by atoms with Gasteiger partial charge >= 0.3 is 0 Å². The summed E-state index contributed by atoms with van der Waals surface area (Å²) in [5.74, 6) is 0.112. The van der Waals surface area contributed by atoms with E-state index in [1.165, 1.54) is 12.1 Å². The molecular weight excluding hydrogens is 296 g/mol. The van der Waals surface area contributed by atoms with Crippen LogP contribution in [0.4, 0.5) is 4.39 Å². The van der Waals surface area contributed by atoms with E-state index < -0.39 is 3.78 Å². The number of halogens is 3. The molecule has 0 spiro atoms. The van der Waals surface area contributed by atoms with E-state index in [2.05, 4.69) is 26.0 Å². The van der Waals surface area contributed by atoms with Gasteiger partial charge in [-0.1, -0.05) is 39.7 Å². The van der Waals surface area contributed by atoms with E-state index in [4.69, 9.17) is 11.6 Å². The van der Waals surface area contributed by atoms with Crippen LogP contribution >= 0.6 is 27.5 Å². The maximum absolute atomic E-state index is 12.8. The van der Waals surface area contributed by atoms with E-state index >= 15 is 0 Å². The Hall–Kier alpha value is -0.940. The van der Waals surface area contributed by atoms with Crippen LogP contribution in [0, 0.1) is 5.82 Å². The lowest BCUT2D eigenvalue weighted by molar-refractivity contribution is 0.626. The van der Waals surface area contributed by atoms with Crippen LogP contribution < -0.4 is 0 Å². The van der Waals surface area contributed by atoms with Crippen LogP contribution in [0.1, 0.15) is 11.4 Å². The fraction of sp³-hybridized carbons (Fsp3) is 0.200. The summed E-state index contributed by atoms with van der Waals surface area (Å²) < 4.78 is 13.3. The minimum atomic E-state index is -1.03. The summed E-state index contributed by atoms with van der Waals surface area (Å²) in [6, 6.07) is 5.87. The molecule has 0 aliphatic carbocycles. The Bertz CT molecular complexity index is 495. The zero-order chi connectivity index (χ0) is 11.8. The zero-order valence-electron chi connectivity index (χ0n) is 8.36. The summed E-state index contributed by atoms with van der Waals surface area (Å²) in [5, 5.41) is 4.11. The Labute approximate surface area is 105 Å². The first-order chi connectivity index (χ1) is 7.50. The van der Waals surface area contributed by atoms with Crippen molar-refractivity contribution in [3.05, 3.63) is 47.8 Å². The number of alkyl halides is 2. The topological polar surface area (TPSA) is 30.7 Å². The summed E-state index contributed by atoms with van der Waals surface area (Å²) in [4.78, 5) is 4.07. The second-order valence-electron chi connectivity index (χ2n) is 3.32. The molecule has 1 heterocycles. The molecular formula is C10H8BrClFN3. The van der Waals surface area contributed by atoms with Crippen LogP contribution in [-0.4, -0.2) is 14.8 Å². The van der Waals surface area contributed by atoms with Crippen molar-refractivity contribution in [1.29, 1.82) is 0 Å². The maximum Gasteiger partial charge on any atom is 0.186 e.